The molecule has 92 valence electrons. The van der Waals surface area contributed by atoms with Crippen LogP contribution in [-0.4, -0.2) is 5.71 Å². The van der Waals surface area contributed by atoms with Crippen LogP contribution in [0.1, 0.15) is 25.3 Å². The normalized spacial score (nSPS) is 18.4. The average molecular weight is 349 g/mol. The molecule has 1 aromatic carbocycles. The first kappa shape index (κ1) is 13.3. The summed E-state index contributed by atoms with van der Waals surface area (Å²) in [6, 6.07) is 8.36. The van der Waals surface area contributed by atoms with Gasteiger partial charge in [-0.15, -0.1) is 0 Å². The maximum Gasteiger partial charge on any atom is 0.0389 e. The Morgan fingerprint density at radius 2 is 2.11 bits per heavy atom. The first-order valence-electron chi connectivity index (χ1n) is 6.06. The number of rotatable bonds is 2. The second-order valence-corrected chi connectivity index (χ2v) is 5.53. The fraction of sp³-hybridized carbons (Fsp3) is 0.188. The lowest BCUT2D eigenvalue weighted by molar-refractivity contribution is 1.06. The summed E-state index contributed by atoms with van der Waals surface area (Å²) < 4.78 is 1.26. The summed E-state index contributed by atoms with van der Waals surface area (Å²) in [7, 11) is 0. The van der Waals surface area contributed by atoms with Crippen molar-refractivity contribution in [2.45, 2.75) is 19.8 Å². The van der Waals surface area contributed by atoms with Gasteiger partial charge in [-0.2, -0.15) is 0 Å². The van der Waals surface area contributed by atoms with Gasteiger partial charge in [0.1, 0.15) is 0 Å². The average Bonchev–Trinajstić information content (AvgIpc) is 2.38. The Hall–Kier alpha value is -1.16. The Kier molecular flexibility index (Phi) is 4.53. The molecule has 1 aliphatic carbocycles. The number of halogens is 1. The zero-order chi connectivity index (χ0) is 13.0. The maximum atomic E-state index is 7.89. The minimum atomic E-state index is 0.740. The molecule has 0 unspecified atom stereocenters. The molecule has 1 aliphatic rings. The highest BCUT2D eigenvalue weighted by atomic mass is 127. The topological polar surface area (TPSA) is 23.9 Å². The smallest absolute Gasteiger partial charge is 0.0389 e. The summed E-state index contributed by atoms with van der Waals surface area (Å²) in [5.41, 5.74) is 4.27. The Balaban J connectivity index is 2.26. The van der Waals surface area contributed by atoms with Crippen LogP contribution in [0.25, 0.3) is 5.57 Å². The second-order valence-electron chi connectivity index (χ2n) is 4.37. The van der Waals surface area contributed by atoms with Gasteiger partial charge >= 0.3 is 0 Å². The third-order valence-corrected chi connectivity index (χ3v) is 3.96. The van der Waals surface area contributed by atoms with Crippen LogP contribution in [0.15, 0.2) is 54.1 Å². The SMILES string of the molecule is C/C(=C\C=C1\C=CCCC1=N)c1ccccc1I. The molecule has 1 nitrogen and oxygen atoms in total. The molecule has 0 aliphatic heterocycles. The molecule has 0 radical (unpaired) electrons. The third-order valence-electron chi connectivity index (χ3n) is 3.02. The van der Waals surface area contributed by atoms with E-state index in [0.717, 1.165) is 24.1 Å². The molecule has 1 aromatic rings. The molecule has 0 amide bonds. The van der Waals surface area contributed by atoms with Gasteiger partial charge in [0, 0.05) is 9.28 Å². The zero-order valence-corrected chi connectivity index (χ0v) is 12.6. The molecule has 0 fully saturated rings. The highest BCUT2D eigenvalue weighted by Gasteiger charge is 2.05. The summed E-state index contributed by atoms with van der Waals surface area (Å²) in [5, 5.41) is 7.89. The second kappa shape index (κ2) is 6.14. The van der Waals surface area contributed by atoms with Gasteiger partial charge in [-0.1, -0.05) is 42.5 Å². The Bertz CT molecular complexity index is 550. The first-order chi connectivity index (χ1) is 8.68. The van der Waals surface area contributed by atoms with Gasteiger partial charge in [-0.25, -0.2) is 0 Å². The third kappa shape index (κ3) is 3.19. The van der Waals surface area contributed by atoms with Crippen molar-refractivity contribution in [3.8, 4) is 0 Å². The number of benzene rings is 1. The highest BCUT2D eigenvalue weighted by Crippen LogP contribution is 2.21. The van der Waals surface area contributed by atoms with E-state index in [1.807, 2.05) is 6.08 Å². The number of allylic oxidation sites excluding steroid dienone is 6. The van der Waals surface area contributed by atoms with E-state index < -0.39 is 0 Å². The molecule has 0 atom stereocenters. The predicted octanol–water partition coefficient (Wildman–Crippen LogP) is 4.99. The van der Waals surface area contributed by atoms with Gasteiger partial charge in [0.2, 0.25) is 0 Å². The van der Waals surface area contributed by atoms with E-state index in [1.165, 1.54) is 14.7 Å². The van der Waals surface area contributed by atoms with Crippen molar-refractivity contribution in [1.82, 2.24) is 0 Å². The molecule has 1 N–H and O–H groups in total. The lowest BCUT2D eigenvalue weighted by Crippen LogP contribution is -2.02. The molecule has 0 aromatic heterocycles. The predicted molar refractivity (Wildman–Crippen MR) is 87.0 cm³/mol. The molecule has 2 heteroatoms. The summed E-state index contributed by atoms with van der Waals surface area (Å²) >= 11 is 2.36. The molecule has 0 heterocycles. The van der Waals surface area contributed by atoms with Crippen molar-refractivity contribution in [3.63, 3.8) is 0 Å². The van der Waals surface area contributed by atoms with Gasteiger partial charge in [-0.05, 0) is 65.1 Å². The van der Waals surface area contributed by atoms with Gasteiger partial charge < -0.3 is 5.41 Å². The number of hydrogen-bond donors (Lipinski definition) is 1. The maximum absolute atomic E-state index is 7.89. The highest BCUT2D eigenvalue weighted by molar-refractivity contribution is 14.1. The van der Waals surface area contributed by atoms with Gasteiger partial charge in [0.15, 0.2) is 0 Å². The van der Waals surface area contributed by atoms with Crippen LogP contribution >= 0.6 is 22.6 Å². The van der Waals surface area contributed by atoms with Gasteiger partial charge in [0.05, 0.1) is 0 Å². The van der Waals surface area contributed by atoms with Gasteiger partial charge in [0.25, 0.3) is 0 Å². The molecular weight excluding hydrogens is 333 g/mol. The van der Waals surface area contributed by atoms with Crippen LogP contribution in [-0.2, 0) is 0 Å². The summed E-state index contributed by atoms with van der Waals surface area (Å²) in [5.74, 6) is 0. The first-order valence-corrected chi connectivity index (χ1v) is 7.14. The minimum absolute atomic E-state index is 0.740. The Labute approximate surface area is 122 Å². The summed E-state index contributed by atoms with van der Waals surface area (Å²) in [6.45, 7) is 2.12. The minimum Gasteiger partial charge on any atom is -0.305 e. The standard InChI is InChI=1S/C16H16IN/c1-12(14-7-3-4-8-15(14)17)10-11-13-6-2-5-9-16(13)18/h2-4,6-8,10-11,18H,5,9H2,1H3/b12-10+,13-11-,18-16?. The zero-order valence-electron chi connectivity index (χ0n) is 10.4. The van der Waals surface area contributed by atoms with E-state index in [0.29, 0.717) is 0 Å². The van der Waals surface area contributed by atoms with Crippen LogP contribution in [0.5, 0.6) is 0 Å². The van der Waals surface area contributed by atoms with E-state index in [-0.39, 0.29) is 0 Å². The van der Waals surface area contributed by atoms with Crippen LogP contribution in [0, 0.1) is 8.98 Å². The van der Waals surface area contributed by atoms with E-state index in [4.69, 9.17) is 5.41 Å². The molecule has 0 saturated heterocycles. The molecule has 0 spiro atoms. The van der Waals surface area contributed by atoms with Crippen molar-refractivity contribution >= 4 is 33.9 Å². The quantitative estimate of drug-likeness (QED) is 0.728. The van der Waals surface area contributed by atoms with Gasteiger partial charge in [-0.3, -0.25) is 0 Å². The van der Waals surface area contributed by atoms with E-state index in [2.05, 4.69) is 72.0 Å². The molecular formula is C16H16IN. The molecule has 0 bridgehead atoms. The van der Waals surface area contributed by atoms with Crippen LogP contribution < -0.4 is 0 Å². The Morgan fingerprint density at radius 1 is 1.33 bits per heavy atom. The van der Waals surface area contributed by atoms with Crippen LogP contribution in [0.3, 0.4) is 0 Å². The lowest BCUT2D eigenvalue weighted by atomic mass is 9.98. The molecule has 18 heavy (non-hydrogen) atoms. The fourth-order valence-electron chi connectivity index (χ4n) is 1.92. The molecule has 0 saturated carbocycles. The van der Waals surface area contributed by atoms with Crippen molar-refractivity contribution in [2.75, 3.05) is 0 Å². The van der Waals surface area contributed by atoms with Crippen molar-refractivity contribution in [1.29, 1.82) is 5.41 Å². The van der Waals surface area contributed by atoms with Crippen molar-refractivity contribution in [2.24, 2.45) is 0 Å². The van der Waals surface area contributed by atoms with Crippen LogP contribution in [0.4, 0.5) is 0 Å². The lowest BCUT2D eigenvalue weighted by Gasteiger charge is -2.08. The summed E-state index contributed by atoms with van der Waals surface area (Å²) in [4.78, 5) is 0. The monoisotopic (exact) mass is 349 g/mol. The largest absolute Gasteiger partial charge is 0.305 e. The molecule has 2 rings (SSSR count). The number of nitrogens with one attached hydrogen (secondary N) is 1. The van der Waals surface area contributed by atoms with E-state index >= 15 is 0 Å². The van der Waals surface area contributed by atoms with Crippen molar-refractivity contribution < 1.29 is 0 Å². The van der Waals surface area contributed by atoms with Crippen LogP contribution in [0.2, 0.25) is 0 Å². The van der Waals surface area contributed by atoms with E-state index in [1.54, 1.807) is 0 Å². The fourth-order valence-corrected chi connectivity index (χ4v) is 2.74. The van der Waals surface area contributed by atoms with E-state index in [9.17, 15) is 0 Å². The number of hydrogen-bond acceptors (Lipinski definition) is 1. The Morgan fingerprint density at radius 3 is 2.83 bits per heavy atom. The van der Waals surface area contributed by atoms with Crippen molar-refractivity contribution in [3.05, 3.63) is 63.3 Å². The summed E-state index contributed by atoms with van der Waals surface area (Å²) in [6.07, 6.45) is 10.2.